The van der Waals surface area contributed by atoms with Crippen molar-refractivity contribution in [3.05, 3.63) is 52.2 Å². The molecule has 2 aromatic heterocycles. The standard InChI is InChI=1S/C30H32N2O4S/c1-16-15-20-27(37-28(32-20)18-7-5-6-8-18)24(22(16)26(29(33)34)36-30(2,3)4)19-9-10-21-23-17(12-14-35-21)11-13-31-25(19)23/h9-11,13,15,18,26H,5-8,12,14H2,1-4H3,(H,33,34)/t26-/m0/s1. The van der Waals surface area contributed by atoms with E-state index in [1.54, 1.807) is 11.3 Å². The Balaban J connectivity index is 1.69. The van der Waals surface area contributed by atoms with Gasteiger partial charge in [0.25, 0.3) is 0 Å². The molecule has 0 unspecified atom stereocenters. The van der Waals surface area contributed by atoms with Crippen LogP contribution in [0.1, 0.15) is 80.2 Å². The minimum Gasteiger partial charge on any atom is -0.493 e. The average molecular weight is 517 g/mol. The van der Waals surface area contributed by atoms with E-state index in [4.69, 9.17) is 19.4 Å². The molecule has 1 fully saturated rings. The molecule has 3 heterocycles. The molecule has 0 saturated heterocycles. The van der Waals surface area contributed by atoms with Crippen molar-refractivity contribution in [2.75, 3.05) is 6.61 Å². The van der Waals surface area contributed by atoms with Crippen molar-refractivity contribution in [2.24, 2.45) is 0 Å². The Hall–Kier alpha value is -3.03. The van der Waals surface area contributed by atoms with Crippen LogP contribution >= 0.6 is 11.3 Å². The number of aryl methyl sites for hydroxylation is 1. The molecule has 4 aromatic rings. The smallest absolute Gasteiger partial charge is 0.337 e. The lowest BCUT2D eigenvalue weighted by atomic mass is 9.89. The summed E-state index contributed by atoms with van der Waals surface area (Å²) in [6.45, 7) is 8.29. The van der Waals surface area contributed by atoms with Gasteiger partial charge in [0.2, 0.25) is 0 Å². The number of carboxylic acids is 1. The molecule has 0 bridgehead atoms. The van der Waals surface area contributed by atoms with E-state index in [9.17, 15) is 9.90 Å². The zero-order valence-corrected chi connectivity index (χ0v) is 22.6. The van der Waals surface area contributed by atoms with Crippen molar-refractivity contribution in [3.8, 4) is 16.9 Å². The molecule has 2 aromatic carbocycles. The average Bonchev–Trinajstić information content (AvgIpc) is 3.52. The Labute approximate surface area is 220 Å². The van der Waals surface area contributed by atoms with Gasteiger partial charge in [-0.25, -0.2) is 9.78 Å². The number of ether oxygens (including phenoxy) is 2. The molecule has 1 atom stereocenters. The van der Waals surface area contributed by atoms with E-state index in [1.165, 1.54) is 18.4 Å². The molecule has 1 N–H and O–H groups in total. The lowest BCUT2D eigenvalue weighted by Gasteiger charge is -2.28. The third-order valence-electron chi connectivity index (χ3n) is 7.45. The number of nitrogens with zero attached hydrogens (tertiary/aromatic N) is 2. The van der Waals surface area contributed by atoms with Crippen LogP contribution < -0.4 is 4.74 Å². The highest BCUT2D eigenvalue weighted by Crippen LogP contribution is 2.48. The van der Waals surface area contributed by atoms with Gasteiger partial charge in [-0.2, -0.15) is 0 Å². The Bertz CT molecular complexity index is 1520. The highest BCUT2D eigenvalue weighted by Gasteiger charge is 2.34. The first-order valence-corrected chi connectivity index (χ1v) is 13.9. The molecule has 37 heavy (non-hydrogen) atoms. The van der Waals surface area contributed by atoms with Gasteiger partial charge in [-0.05, 0) is 75.9 Å². The van der Waals surface area contributed by atoms with Crippen LogP contribution in [0.2, 0.25) is 0 Å². The molecule has 7 heteroatoms. The minimum absolute atomic E-state index is 0.470. The molecule has 6 nitrogen and oxygen atoms in total. The minimum atomic E-state index is -1.13. The van der Waals surface area contributed by atoms with Gasteiger partial charge in [0.15, 0.2) is 6.10 Å². The number of pyridine rings is 1. The number of hydrogen-bond donors (Lipinski definition) is 1. The summed E-state index contributed by atoms with van der Waals surface area (Å²) >= 11 is 1.70. The van der Waals surface area contributed by atoms with Crippen LogP contribution in [-0.4, -0.2) is 33.3 Å². The second-order valence-corrected chi connectivity index (χ2v) is 12.2. The van der Waals surface area contributed by atoms with E-state index in [0.717, 1.165) is 67.8 Å². The highest BCUT2D eigenvalue weighted by atomic mass is 32.1. The maximum absolute atomic E-state index is 12.7. The number of hydrogen-bond acceptors (Lipinski definition) is 6. The van der Waals surface area contributed by atoms with Crippen LogP contribution in [-0.2, 0) is 16.0 Å². The highest BCUT2D eigenvalue weighted by molar-refractivity contribution is 7.19. The molecular formula is C30H32N2O4S. The second kappa shape index (κ2) is 9.07. The number of aromatic nitrogens is 2. The summed E-state index contributed by atoms with van der Waals surface area (Å²) in [7, 11) is 0. The first-order valence-electron chi connectivity index (χ1n) is 13.1. The maximum atomic E-state index is 12.7. The van der Waals surface area contributed by atoms with Crippen LogP contribution in [0.3, 0.4) is 0 Å². The zero-order valence-electron chi connectivity index (χ0n) is 21.8. The monoisotopic (exact) mass is 516 g/mol. The van der Waals surface area contributed by atoms with Gasteiger partial charge in [-0.1, -0.05) is 12.8 Å². The molecule has 1 aliphatic heterocycles. The Morgan fingerprint density at radius 1 is 1.22 bits per heavy atom. The third-order valence-corrected chi connectivity index (χ3v) is 8.70. The maximum Gasteiger partial charge on any atom is 0.337 e. The quantitative estimate of drug-likeness (QED) is 0.299. The van der Waals surface area contributed by atoms with Crippen LogP contribution in [0, 0.1) is 6.92 Å². The van der Waals surface area contributed by atoms with Crippen LogP contribution in [0.25, 0.3) is 32.2 Å². The fourth-order valence-corrected chi connectivity index (χ4v) is 7.16. The summed E-state index contributed by atoms with van der Waals surface area (Å²) in [6, 6.07) is 8.12. The summed E-state index contributed by atoms with van der Waals surface area (Å²) in [5.74, 6) is 0.298. The Morgan fingerprint density at radius 3 is 2.73 bits per heavy atom. The lowest BCUT2D eigenvalue weighted by Crippen LogP contribution is -2.28. The van der Waals surface area contributed by atoms with Crippen molar-refractivity contribution in [3.63, 3.8) is 0 Å². The number of thiazole rings is 1. The van der Waals surface area contributed by atoms with Gasteiger partial charge >= 0.3 is 5.97 Å². The summed E-state index contributed by atoms with van der Waals surface area (Å²) in [5.41, 5.74) is 5.62. The van der Waals surface area contributed by atoms with Crippen molar-refractivity contribution >= 4 is 38.4 Å². The van der Waals surface area contributed by atoms with Crippen LogP contribution in [0.4, 0.5) is 0 Å². The topological polar surface area (TPSA) is 81.5 Å². The van der Waals surface area contributed by atoms with Gasteiger partial charge in [-0.3, -0.25) is 4.98 Å². The van der Waals surface area contributed by atoms with Gasteiger partial charge in [0, 0.05) is 40.6 Å². The van der Waals surface area contributed by atoms with Crippen LogP contribution in [0.15, 0.2) is 30.5 Å². The number of aliphatic carboxylic acids is 1. The number of rotatable bonds is 5. The predicted octanol–water partition coefficient (Wildman–Crippen LogP) is 7.35. The molecule has 1 aliphatic carbocycles. The fraction of sp³-hybridized carbons (Fsp3) is 0.433. The number of carboxylic acid groups (broad SMARTS) is 1. The van der Waals surface area contributed by atoms with Gasteiger partial charge < -0.3 is 14.6 Å². The van der Waals surface area contributed by atoms with E-state index < -0.39 is 17.7 Å². The zero-order chi connectivity index (χ0) is 25.9. The Kier molecular flexibility index (Phi) is 5.96. The first kappa shape index (κ1) is 24.3. The second-order valence-electron chi connectivity index (χ2n) is 11.2. The fourth-order valence-electron chi connectivity index (χ4n) is 5.87. The molecule has 6 rings (SSSR count). The number of benzene rings is 2. The molecule has 0 amide bonds. The molecule has 0 spiro atoms. The summed E-state index contributed by atoms with van der Waals surface area (Å²) in [6.07, 6.45) is 6.33. The van der Waals surface area contributed by atoms with Gasteiger partial charge in [0.1, 0.15) is 5.75 Å². The normalized spacial score (nSPS) is 16.9. The SMILES string of the molecule is Cc1cc2nc(C3CCCC3)sc2c(-c2ccc3c4c(ccnc24)CCO3)c1[C@H](OC(C)(C)C)C(=O)O. The van der Waals surface area contributed by atoms with Gasteiger partial charge in [0.05, 0.1) is 32.9 Å². The third kappa shape index (κ3) is 4.28. The van der Waals surface area contributed by atoms with E-state index in [0.29, 0.717) is 18.1 Å². The lowest BCUT2D eigenvalue weighted by molar-refractivity contribution is -0.160. The van der Waals surface area contributed by atoms with Crippen molar-refractivity contribution in [2.45, 2.75) is 77.4 Å². The van der Waals surface area contributed by atoms with E-state index >= 15 is 0 Å². The van der Waals surface area contributed by atoms with Crippen molar-refractivity contribution in [1.82, 2.24) is 9.97 Å². The van der Waals surface area contributed by atoms with Crippen LogP contribution in [0.5, 0.6) is 5.75 Å². The molecule has 192 valence electrons. The predicted molar refractivity (Wildman–Crippen MR) is 147 cm³/mol. The molecule has 2 aliphatic rings. The number of carbonyl (C=O) groups is 1. The largest absolute Gasteiger partial charge is 0.493 e. The Morgan fingerprint density at radius 2 is 2.00 bits per heavy atom. The van der Waals surface area contributed by atoms with E-state index in [1.807, 2.05) is 52.1 Å². The number of fused-ring (bicyclic) bond motifs is 1. The van der Waals surface area contributed by atoms with Crippen molar-refractivity contribution < 1.29 is 19.4 Å². The summed E-state index contributed by atoms with van der Waals surface area (Å²) in [4.78, 5) is 22.6. The van der Waals surface area contributed by atoms with E-state index in [2.05, 4.69) is 6.07 Å². The first-order chi connectivity index (χ1) is 17.7. The molecular weight excluding hydrogens is 484 g/mol. The van der Waals surface area contributed by atoms with Crippen molar-refractivity contribution in [1.29, 1.82) is 0 Å². The molecule has 0 radical (unpaired) electrons. The molecule has 1 saturated carbocycles. The van der Waals surface area contributed by atoms with Gasteiger partial charge in [-0.15, -0.1) is 11.3 Å². The van der Waals surface area contributed by atoms with E-state index in [-0.39, 0.29) is 0 Å². The summed E-state index contributed by atoms with van der Waals surface area (Å²) < 4.78 is 13.2. The summed E-state index contributed by atoms with van der Waals surface area (Å²) in [5, 5.41) is 12.6.